The van der Waals surface area contributed by atoms with Crippen LogP contribution in [0.2, 0.25) is 10.0 Å². The number of hydrogen-bond acceptors (Lipinski definition) is 5. The van der Waals surface area contributed by atoms with Crippen LogP contribution in [0.3, 0.4) is 0 Å². The van der Waals surface area contributed by atoms with E-state index in [0.29, 0.717) is 5.52 Å². The lowest BCUT2D eigenvalue weighted by Gasteiger charge is -2.37. The fourth-order valence-corrected chi connectivity index (χ4v) is 5.14. The molecule has 0 aliphatic rings. The van der Waals surface area contributed by atoms with Crippen molar-refractivity contribution in [1.82, 2.24) is 9.13 Å². The Kier molecular flexibility index (Phi) is 7.99. The van der Waals surface area contributed by atoms with Crippen LogP contribution in [0, 0.1) is 0 Å². The number of alkyl halides is 3. The number of hydrogen-bond donors (Lipinski definition) is 1. The molecular weight excluding hydrogens is 572 g/mol. The summed E-state index contributed by atoms with van der Waals surface area (Å²) >= 11 is 12.4. The van der Waals surface area contributed by atoms with Crippen LogP contribution in [-0.4, -0.2) is 33.0 Å². The van der Waals surface area contributed by atoms with Crippen molar-refractivity contribution in [1.29, 1.82) is 0 Å². The van der Waals surface area contributed by atoms with Crippen molar-refractivity contribution in [3.63, 3.8) is 0 Å². The van der Waals surface area contributed by atoms with Gasteiger partial charge in [-0.1, -0.05) is 42.3 Å². The first-order valence-electron chi connectivity index (χ1n) is 12.1. The average Bonchev–Trinajstić information content (AvgIpc) is 3.11. The smallest absolute Gasteiger partial charge is 0.422 e. The fraction of sp³-hybridized carbons (Fsp3) is 0.286. The normalized spacial score (nSPS) is 14.2. The van der Waals surface area contributed by atoms with E-state index in [2.05, 4.69) is 0 Å². The van der Waals surface area contributed by atoms with Crippen LogP contribution in [0.15, 0.2) is 59.4 Å². The standard InChI is InChI=1S/C28H25Cl2F3N2O5/c1-5-39-25(36)20-13-17(29)7-11-24(20)40-18-8-9-19(21(30)14-18)15(2)27(38,28(31,32)33)16-6-10-22-23(12-16)35(4)26(37)34(22)3/h6-15,38H,5H2,1-4H3. The maximum atomic E-state index is 14.6. The van der Waals surface area contributed by atoms with Crippen molar-refractivity contribution in [2.45, 2.75) is 31.5 Å². The number of aromatic nitrogens is 2. The lowest BCUT2D eigenvalue weighted by Crippen LogP contribution is -2.46. The molecule has 212 valence electrons. The van der Waals surface area contributed by atoms with Gasteiger partial charge in [-0.15, -0.1) is 0 Å². The Balaban J connectivity index is 1.74. The summed E-state index contributed by atoms with van der Waals surface area (Å²) in [7, 11) is 2.94. The number of nitrogens with zero attached hydrogens (tertiary/aromatic N) is 2. The summed E-state index contributed by atoms with van der Waals surface area (Å²) in [6.07, 6.45) is -5.11. The van der Waals surface area contributed by atoms with E-state index in [4.69, 9.17) is 32.7 Å². The molecule has 1 heterocycles. The Labute approximate surface area is 237 Å². The van der Waals surface area contributed by atoms with E-state index < -0.39 is 34.9 Å². The molecule has 0 aliphatic carbocycles. The van der Waals surface area contributed by atoms with Crippen molar-refractivity contribution in [2.75, 3.05) is 6.61 Å². The highest BCUT2D eigenvalue weighted by Crippen LogP contribution is 2.50. The number of halogens is 5. The number of aryl methyl sites for hydroxylation is 2. The highest BCUT2D eigenvalue weighted by molar-refractivity contribution is 6.31. The molecule has 0 spiro atoms. The predicted octanol–water partition coefficient (Wildman–Crippen LogP) is 6.71. The first kappa shape index (κ1) is 29.5. The van der Waals surface area contributed by atoms with E-state index in [1.54, 1.807) is 6.92 Å². The minimum atomic E-state index is -5.11. The highest BCUT2D eigenvalue weighted by atomic mass is 35.5. The summed E-state index contributed by atoms with van der Waals surface area (Å²) < 4.78 is 57.1. The molecule has 0 saturated heterocycles. The van der Waals surface area contributed by atoms with E-state index in [0.717, 1.165) is 12.1 Å². The van der Waals surface area contributed by atoms with Gasteiger partial charge in [0.1, 0.15) is 17.1 Å². The molecule has 4 aromatic rings. The minimum absolute atomic E-state index is 0.00221. The Bertz CT molecular complexity index is 1660. The molecule has 0 radical (unpaired) electrons. The number of imidazole rings is 1. The third-order valence-corrected chi connectivity index (χ3v) is 7.44. The number of aliphatic hydroxyl groups is 1. The SMILES string of the molecule is CCOC(=O)c1cc(Cl)ccc1Oc1ccc(C(C)C(O)(c2ccc3c(c2)n(C)c(=O)n3C)C(F)(F)F)c(Cl)c1. The number of fused-ring (bicyclic) bond motifs is 1. The predicted molar refractivity (Wildman–Crippen MR) is 145 cm³/mol. The molecule has 0 amide bonds. The maximum Gasteiger partial charge on any atom is 0.422 e. The summed E-state index contributed by atoms with van der Waals surface area (Å²) in [6, 6.07) is 12.0. The van der Waals surface area contributed by atoms with E-state index >= 15 is 0 Å². The second-order valence-electron chi connectivity index (χ2n) is 9.24. The third-order valence-electron chi connectivity index (χ3n) is 6.87. The average molecular weight is 597 g/mol. The van der Waals surface area contributed by atoms with Crippen LogP contribution >= 0.6 is 23.2 Å². The van der Waals surface area contributed by atoms with Crippen LogP contribution in [0.25, 0.3) is 11.0 Å². The third kappa shape index (κ3) is 5.07. The number of carbonyl (C=O) groups excluding carboxylic acids is 1. The fourth-order valence-electron chi connectivity index (χ4n) is 4.64. The number of ether oxygens (including phenoxy) is 2. The van der Waals surface area contributed by atoms with Gasteiger partial charge in [-0.3, -0.25) is 9.13 Å². The maximum absolute atomic E-state index is 14.6. The Morgan fingerprint density at radius 3 is 2.30 bits per heavy atom. The topological polar surface area (TPSA) is 82.7 Å². The van der Waals surface area contributed by atoms with Crippen molar-refractivity contribution < 1.29 is 32.5 Å². The molecule has 4 rings (SSSR count). The van der Waals surface area contributed by atoms with Gasteiger partial charge in [0, 0.05) is 30.1 Å². The molecular formula is C28H25Cl2F3N2O5. The van der Waals surface area contributed by atoms with Gasteiger partial charge in [0.15, 0.2) is 5.60 Å². The zero-order valence-electron chi connectivity index (χ0n) is 21.8. The quantitative estimate of drug-likeness (QED) is 0.240. The van der Waals surface area contributed by atoms with Crippen molar-refractivity contribution in [2.24, 2.45) is 14.1 Å². The van der Waals surface area contributed by atoms with Crippen LogP contribution in [0.4, 0.5) is 13.2 Å². The molecule has 0 bridgehead atoms. The van der Waals surface area contributed by atoms with E-state index in [1.165, 1.54) is 72.6 Å². The van der Waals surface area contributed by atoms with Crippen LogP contribution in [-0.2, 0) is 24.4 Å². The molecule has 40 heavy (non-hydrogen) atoms. The van der Waals surface area contributed by atoms with Gasteiger partial charge in [-0.25, -0.2) is 9.59 Å². The summed E-state index contributed by atoms with van der Waals surface area (Å²) in [5.41, 5.74) is -3.52. The number of benzene rings is 3. The number of carbonyl (C=O) groups is 1. The van der Waals surface area contributed by atoms with E-state index in [9.17, 15) is 27.9 Å². The van der Waals surface area contributed by atoms with E-state index in [1.807, 2.05) is 0 Å². The molecule has 7 nitrogen and oxygen atoms in total. The van der Waals surface area contributed by atoms with Gasteiger partial charge in [0.25, 0.3) is 0 Å². The zero-order chi connectivity index (χ0) is 29.6. The van der Waals surface area contributed by atoms with Gasteiger partial charge in [0.05, 0.1) is 17.6 Å². The van der Waals surface area contributed by atoms with Gasteiger partial charge >= 0.3 is 17.8 Å². The van der Waals surface area contributed by atoms with E-state index in [-0.39, 0.29) is 44.8 Å². The Morgan fingerprint density at radius 2 is 1.68 bits per heavy atom. The van der Waals surface area contributed by atoms with Gasteiger partial charge in [-0.2, -0.15) is 13.2 Å². The lowest BCUT2D eigenvalue weighted by molar-refractivity contribution is -0.274. The number of esters is 1. The number of rotatable bonds is 7. The molecule has 0 aliphatic heterocycles. The van der Waals surface area contributed by atoms with Gasteiger partial charge in [-0.05, 0) is 60.5 Å². The molecule has 2 unspecified atom stereocenters. The Morgan fingerprint density at radius 1 is 1.00 bits per heavy atom. The van der Waals surface area contributed by atoms with Crippen LogP contribution in [0.5, 0.6) is 11.5 Å². The molecule has 12 heteroatoms. The molecule has 1 aromatic heterocycles. The first-order chi connectivity index (χ1) is 18.7. The zero-order valence-corrected chi connectivity index (χ0v) is 23.4. The summed E-state index contributed by atoms with van der Waals surface area (Å²) in [5.74, 6) is -2.00. The lowest BCUT2D eigenvalue weighted by atomic mass is 9.77. The monoisotopic (exact) mass is 596 g/mol. The van der Waals surface area contributed by atoms with Crippen LogP contribution < -0.4 is 10.4 Å². The van der Waals surface area contributed by atoms with Crippen molar-refractivity contribution >= 4 is 40.2 Å². The largest absolute Gasteiger partial charge is 0.462 e. The molecule has 0 fully saturated rings. The first-order valence-corrected chi connectivity index (χ1v) is 12.8. The summed E-state index contributed by atoms with van der Waals surface area (Å²) in [5, 5.41) is 11.5. The second-order valence-corrected chi connectivity index (χ2v) is 10.1. The second kappa shape index (κ2) is 10.8. The van der Waals surface area contributed by atoms with Crippen molar-refractivity contribution in [3.8, 4) is 11.5 Å². The summed E-state index contributed by atoms with van der Waals surface area (Å²) in [4.78, 5) is 24.6. The van der Waals surface area contributed by atoms with Crippen molar-refractivity contribution in [3.05, 3.63) is 91.8 Å². The molecule has 3 aromatic carbocycles. The molecule has 0 saturated carbocycles. The molecule has 2 atom stereocenters. The Hall–Kier alpha value is -3.47. The summed E-state index contributed by atoms with van der Waals surface area (Å²) in [6.45, 7) is 2.98. The van der Waals surface area contributed by atoms with Gasteiger partial charge < -0.3 is 14.6 Å². The van der Waals surface area contributed by atoms with Gasteiger partial charge in [0.2, 0.25) is 0 Å². The molecule has 1 N–H and O–H groups in total. The minimum Gasteiger partial charge on any atom is -0.462 e. The van der Waals surface area contributed by atoms with Crippen LogP contribution in [0.1, 0.15) is 41.3 Å². The highest BCUT2D eigenvalue weighted by Gasteiger charge is 2.59.